The summed E-state index contributed by atoms with van der Waals surface area (Å²) in [6.07, 6.45) is -1.80. The van der Waals surface area contributed by atoms with Crippen LogP contribution in [0.25, 0.3) is 0 Å². The average Bonchev–Trinajstić information content (AvgIpc) is 2.80. The van der Waals surface area contributed by atoms with Crippen molar-refractivity contribution in [3.63, 3.8) is 0 Å². The normalized spacial score (nSPS) is 14.4. The molecule has 0 radical (unpaired) electrons. The number of carboxylic acids is 1. The highest BCUT2D eigenvalue weighted by Gasteiger charge is 2.58. The molecule has 0 fully saturated rings. The molecule has 1 heterocycles. The number of aliphatic carboxylic acids is 1. The zero-order chi connectivity index (χ0) is 15.4. The number of aromatic amines is 1. The van der Waals surface area contributed by atoms with Crippen molar-refractivity contribution in [2.24, 2.45) is 0 Å². The summed E-state index contributed by atoms with van der Waals surface area (Å²) in [5.74, 6) is -1.65. The number of carbonyl (C=O) groups excluding carboxylic acids is 1. The van der Waals surface area contributed by atoms with E-state index in [0.717, 1.165) is 0 Å². The highest BCUT2D eigenvalue weighted by molar-refractivity contribution is 5.86. The summed E-state index contributed by atoms with van der Waals surface area (Å²) in [4.78, 5) is 28.6. The van der Waals surface area contributed by atoms with Gasteiger partial charge in [-0.3, -0.25) is 0 Å². The number of hydrogen-bond acceptors (Lipinski definition) is 3. The molecule has 0 saturated heterocycles. The van der Waals surface area contributed by atoms with Gasteiger partial charge in [-0.15, -0.1) is 0 Å². The van der Waals surface area contributed by atoms with E-state index >= 15 is 0 Å². The number of nitrogens with zero attached hydrogens (tertiary/aromatic N) is 1. The Balaban J connectivity index is 2.53. The molecular formula is C10H13F3N4O3. The van der Waals surface area contributed by atoms with Crippen LogP contribution in [0, 0.1) is 0 Å². The molecule has 1 rings (SSSR count). The van der Waals surface area contributed by atoms with E-state index in [1.54, 1.807) is 6.20 Å². The van der Waals surface area contributed by atoms with Gasteiger partial charge in [-0.25, -0.2) is 14.6 Å². The third-order valence-electron chi connectivity index (χ3n) is 2.56. The van der Waals surface area contributed by atoms with Crippen molar-refractivity contribution < 1.29 is 27.9 Å². The van der Waals surface area contributed by atoms with Crippen molar-refractivity contribution in [2.75, 3.05) is 6.54 Å². The van der Waals surface area contributed by atoms with E-state index in [1.807, 2.05) is 0 Å². The molecule has 0 aliphatic rings. The lowest BCUT2D eigenvalue weighted by molar-refractivity contribution is -0.203. The molecule has 0 aliphatic carbocycles. The van der Waals surface area contributed by atoms with Crippen LogP contribution in [-0.4, -0.2) is 45.3 Å². The smallest absolute Gasteiger partial charge is 0.422 e. The number of alkyl halides is 3. The van der Waals surface area contributed by atoms with Crippen molar-refractivity contribution in [3.05, 3.63) is 18.2 Å². The molecule has 0 spiro atoms. The Morgan fingerprint density at radius 3 is 2.55 bits per heavy atom. The molecular weight excluding hydrogens is 281 g/mol. The minimum Gasteiger partial charge on any atom is -0.479 e. The molecule has 20 heavy (non-hydrogen) atoms. The molecule has 0 aromatic carbocycles. The highest BCUT2D eigenvalue weighted by Crippen LogP contribution is 2.30. The zero-order valence-electron chi connectivity index (χ0n) is 10.4. The fraction of sp³-hybridized carbons (Fsp3) is 0.500. The second-order valence-electron chi connectivity index (χ2n) is 4.09. The molecule has 1 atom stereocenters. The van der Waals surface area contributed by atoms with Crippen molar-refractivity contribution in [1.29, 1.82) is 0 Å². The van der Waals surface area contributed by atoms with E-state index in [-0.39, 0.29) is 13.0 Å². The van der Waals surface area contributed by atoms with Crippen molar-refractivity contribution >= 4 is 12.0 Å². The lowest BCUT2D eigenvalue weighted by Gasteiger charge is -2.28. The van der Waals surface area contributed by atoms with Crippen LogP contribution in [0.1, 0.15) is 12.7 Å². The monoisotopic (exact) mass is 294 g/mol. The summed E-state index contributed by atoms with van der Waals surface area (Å²) in [5, 5.41) is 12.2. The average molecular weight is 294 g/mol. The van der Waals surface area contributed by atoms with Crippen molar-refractivity contribution in [1.82, 2.24) is 20.6 Å². The number of urea groups is 1. The number of H-pyrrole nitrogens is 1. The molecule has 1 aromatic rings. The summed E-state index contributed by atoms with van der Waals surface area (Å²) in [6.45, 7) is 0.383. The van der Waals surface area contributed by atoms with Crippen molar-refractivity contribution in [3.8, 4) is 0 Å². The second-order valence-corrected chi connectivity index (χ2v) is 4.09. The fourth-order valence-corrected chi connectivity index (χ4v) is 1.25. The van der Waals surface area contributed by atoms with E-state index < -0.39 is 23.7 Å². The second kappa shape index (κ2) is 5.80. The van der Waals surface area contributed by atoms with Gasteiger partial charge in [0.25, 0.3) is 0 Å². The lowest BCUT2D eigenvalue weighted by Crippen LogP contribution is -2.63. The maximum Gasteiger partial charge on any atom is 0.422 e. The first-order valence-corrected chi connectivity index (χ1v) is 5.51. The number of carboxylic acid groups (broad SMARTS) is 1. The maximum atomic E-state index is 12.6. The summed E-state index contributed by atoms with van der Waals surface area (Å²) in [6, 6.07) is -1.22. The zero-order valence-corrected chi connectivity index (χ0v) is 10.4. The van der Waals surface area contributed by atoms with Gasteiger partial charge in [0.15, 0.2) is 0 Å². The summed E-state index contributed by atoms with van der Waals surface area (Å²) in [5.41, 5.74) is -3.35. The Kier molecular flexibility index (Phi) is 4.58. The van der Waals surface area contributed by atoms with Gasteiger partial charge in [0, 0.05) is 25.4 Å². The van der Waals surface area contributed by atoms with Crippen LogP contribution >= 0.6 is 0 Å². The number of imidazole rings is 1. The Morgan fingerprint density at radius 2 is 2.10 bits per heavy atom. The molecule has 112 valence electrons. The van der Waals surface area contributed by atoms with Gasteiger partial charge in [-0.05, 0) is 6.92 Å². The van der Waals surface area contributed by atoms with E-state index in [2.05, 4.69) is 15.3 Å². The number of halogens is 3. The Bertz CT molecular complexity index is 475. The van der Waals surface area contributed by atoms with Crippen LogP contribution in [-0.2, 0) is 11.2 Å². The SMILES string of the molecule is CC(NC(=O)NCCc1ncc[nH]1)(C(=O)O)C(F)(F)F. The van der Waals surface area contributed by atoms with Crippen LogP contribution < -0.4 is 10.6 Å². The number of rotatable bonds is 5. The summed E-state index contributed by atoms with van der Waals surface area (Å²) < 4.78 is 37.9. The predicted molar refractivity (Wildman–Crippen MR) is 60.9 cm³/mol. The predicted octanol–water partition coefficient (Wildman–Crippen LogP) is 0.657. The molecule has 0 bridgehead atoms. The molecule has 10 heteroatoms. The molecule has 1 aromatic heterocycles. The van der Waals surface area contributed by atoms with E-state index in [0.29, 0.717) is 12.7 Å². The third-order valence-corrected chi connectivity index (χ3v) is 2.56. The molecule has 2 amide bonds. The minimum absolute atomic E-state index is 0.00685. The maximum absolute atomic E-state index is 12.6. The van der Waals surface area contributed by atoms with Gasteiger partial charge >= 0.3 is 18.2 Å². The number of nitrogens with one attached hydrogen (secondary N) is 3. The molecule has 4 N–H and O–H groups in total. The fourth-order valence-electron chi connectivity index (χ4n) is 1.25. The van der Waals surface area contributed by atoms with Gasteiger partial charge in [0.1, 0.15) is 5.82 Å². The first-order valence-electron chi connectivity index (χ1n) is 5.51. The van der Waals surface area contributed by atoms with Crippen LogP contribution in [0.5, 0.6) is 0 Å². The Hall–Kier alpha value is -2.26. The molecule has 0 saturated carbocycles. The van der Waals surface area contributed by atoms with E-state index in [1.165, 1.54) is 11.5 Å². The number of aromatic nitrogens is 2. The van der Waals surface area contributed by atoms with Crippen LogP contribution in [0.4, 0.5) is 18.0 Å². The number of carbonyl (C=O) groups is 2. The molecule has 7 nitrogen and oxygen atoms in total. The van der Waals surface area contributed by atoms with Crippen LogP contribution in [0.3, 0.4) is 0 Å². The molecule has 0 aliphatic heterocycles. The minimum atomic E-state index is -5.11. The van der Waals surface area contributed by atoms with Gasteiger partial charge < -0.3 is 20.7 Å². The first-order chi connectivity index (χ1) is 9.17. The Labute approximate surface area is 111 Å². The van der Waals surface area contributed by atoms with Crippen LogP contribution in [0.15, 0.2) is 12.4 Å². The largest absolute Gasteiger partial charge is 0.479 e. The van der Waals surface area contributed by atoms with Crippen molar-refractivity contribution in [2.45, 2.75) is 25.1 Å². The Morgan fingerprint density at radius 1 is 1.45 bits per heavy atom. The standard InChI is InChI=1S/C10H13F3N4O3/c1-9(7(18)19,10(11,12)13)17-8(20)16-3-2-6-14-4-5-15-6/h4-5H,2-3H2,1H3,(H,14,15)(H,18,19)(H2,16,17,20). The molecule has 1 unspecified atom stereocenters. The summed E-state index contributed by atoms with van der Waals surface area (Å²) in [7, 11) is 0. The lowest BCUT2D eigenvalue weighted by atomic mass is 10.0. The van der Waals surface area contributed by atoms with Gasteiger partial charge in [0.05, 0.1) is 0 Å². The summed E-state index contributed by atoms with van der Waals surface area (Å²) >= 11 is 0. The van der Waals surface area contributed by atoms with E-state index in [4.69, 9.17) is 5.11 Å². The first kappa shape index (κ1) is 15.8. The topological polar surface area (TPSA) is 107 Å². The number of amides is 2. The van der Waals surface area contributed by atoms with Gasteiger partial charge in [-0.2, -0.15) is 13.2 Å². The number of hydrogen-bond donors (Lipinski definition) is 4. The quantitative estimate of drug-likeness (QED) is 0.639. The van der Waals surface area contributed by atoms with Gasteiger partial charge in [0.2, 0.25) is 5.54 Å². The van der Waals surface area contributed by atoms with Crippen LogP contribution in [0.2, 0.25) is 0 Å². The third kappa shape index (κ3) is 3.62. The van der Waals surface area contributed by atoms with E-state index in [9.17, 15) is 22.8 Å². The highest BCUT2D eigenvalue weighted by atomic mass is 19.4. The van der Waals surface area contributed by atoms with Gasteiger partial charge in [-0.1, -0.05) is 0 Å².